The summed E-state index contributed by atoms with van der Waals surface area (Å²) in [6, 6.07) is 0. The van der Waals surface area contributed by atoms with Gasteiger partial charge in [-0.15, -0.1) is 6.42 Å². The number of carbonyl (C=O) groups is 1. The van der Waals surface area contributed by atoms with Crippen LogP contribution in [0.1, 0.15) is 6.42 Å². The molecule has 15 heavy (non-hydrogen) atoms. The van der Waals surface area contributed by atoms with Crippen molar-refractivity contribution in [2.75, 3.05) is 39.6 Å². The molecule has 0 atom stereocenters. The van der Waals surface area contributed by atoms with Crippen LogP contribution in [-0.4, -0.2) is 50.6 Å². The maximum absolute atomic E-state index is 10.9. The van der Waals surface area contributed by atoms with Gasteiger partial charge in [0.05, 0.1) is 19.8 Å². The molecule has 86 valence electrons. The van der Waals surface area contributed by atoms with Gasteiger partial charge in [-0.1, -0.05) is 5.92 Å². The molecule has 0 heterocycles. The number of carbonyl (C=O) groups excluding carboxylic acids is 1. The van der Waals surface area contributed by atoms with E-state index in [0.29, 0.717) is 26.2 Å². The number of rotatable bonds is 9. The smallest absolute Gasteiger partial charge is 0.246 e. The summed E-state index contributed by atoms with van der Waals surface area (Å²) in [6.45, 7) is 1.61. The molecule has 0 aliphatic heterocycles. The molecule has 0 rings (SSSR count). The van der Waals surface area contributed by atoms with Crippen LogP contribution in [0.4, 0.5) is 0 Å². The highest BCUT2D eigenvalue weighted by Gasteiger charge is 1.98. The lowest BCUT2D eigenvalue weighted by Crippen LogP contribution is -2.28. The third kappa shape index (κ3) is 10.8. The standard InChI is InChI=1S/C10H17NO4/c1-2-4-11-10(13)9-15-8-7-14-6-3-5-12/h1,12H,3-9H2,(H,11,13). The van der Waals surface area contributed by atoms with Crippen LogP contribution in [0.15, 0.2) is 0 Å². The first-order valence-corrected chi connectivity index (χ1v) is 4.77. The Balaban J connectivity index is 3.10. The Morgan fingerprint density at radius 3 is 2.73 bits per heavy atom. The van der Waals surface area contributed by atoms with E-state index < -0.39 is 0 Å². The van der Waals surface area contributed by atoms with Crippen LogP contribution in [0.25, 0.3) is 0 Å². The summed E-state index contributed by atoms with van der Waals surface area (Å²) >= 11 is 0. The van der Waals surface area contributed by atoms with E-state index in [0.717, 1.165) is 0 Å². The molecule has 0 unspecified atom stereocenters. The lowest BCUT2D eigenvalue weighted by Gasteiger charge is -2.04. The number of terminal acetylenes is 1. The van der Waals surface area contributed by atoms with Crippen molar-refractivity contribution in [3.05, 3.63) is 0 Å². The van der Waals surface area contributed by atoms with Gasteiger partial charge in [0, 0.05) is 13.2 Å². The third-order valence-electron chi connectivity index (χ3n) is 1.44. The molecular formula is C10H17NO4. The van der Waals surface area contributed by atoms with Crippen LogP contribution in [0.2, 0.25) is 0 Å². The van der Waals surface area contributed by atoms with Gasteiger partial charge in [-0.25, -0.2) is 0 Å². The van der Waals surface area contributed by atoms with Crippen LogP contribution in [-0.2, 0) is 14.3 Å². The zero-order valence-electron chi connectivity index (χ0n) is 8.70. The van der Waals surface area contributed by atoms with Gasteiger partial charge in [-0.3, -0.25) is 4.79 Å². The second kappa shape index (κ2) is 11.0. The number of aliphatic hydroxyl groups excluding tert-OH is 1. The number of amides is 1. The molecule has 5 nitrogen and oxygen atoms in total. The molecule has 5 heteroatoms. The lowest BCUT2D eigenvalue weighted by atomic mass is 10.5. The Morgan fingerprint density at radius 2 is 2.07 bits per heavy atom. The highest BCUT2D eigenvalue weighted by molar-refractivity contribution is 5.77. The molecule has 0 aromatic carbocycles. The minimum absolute atomic E-state index is 0.00889. The molecule has 0 aromatic heterocycles. The summed E-state index contributed by atoms with van der Waals surface area (Å²) in [5.74, 6) is 2.05. The van der Waals surface area contributed by atoms with Crippen LogP contribution < -0.4 is 5.32 Å². The maximum Gasteiger partial charge on any atom is 0.246 e. The van der Waals surface area contributed by atoms with Crippen molar-refractivity contribution in [1.82, 2.24) is 5.32 Å². The van der Waals surface area contributed by atoms with E-state index in [1.165, 1.54) is 0 Å². The minimum Gasteiger partial charge on any atom is -0.396 e. The Bertz CT molecular complexity index is 200. The molecule has 0 aromatic rings. The molecule has 1 amide bonds. The van der Waals surface area contributed by atoms with E-state index in [1.54, 1.807) is 0 Å². The average molecular weight is 215 g/mol. The third-order valence-corrected chi connectivity index (χ3v) is 1.44. The van der Waals surface area contributed by atoms with E-state index in [4.69, 9.17) is 21.0 Å². The van der Waals surface area contributed by atoms with E-state index in [-0.39, 0.29) is 25.7 Å². The first kappa shape index (κ1) is 13.9. The van der Waals surface area contributed by atoms with E-state index in [2.05, 4.69) is 11.2 Å². The Hall–Kier alpha value is -1.09. The zero-order valence-corrected chi connectivity index (χ0v) is 8.70. The highest BCUT2D eigenvalue weighted by atomic mass is 16.5. The second-order valence-corrected chi connectivity index (χ2v) is 2.72. The summed E-state index contributed by atoms with van der Waals surface area (Å²) < 4.78 is 10.1. The number of nitrogens with one attached hydrogen (secondary N) is 1. The Labute approximate surface area is 89.8 Å². The van der Waals surface area contributed by atoms with Crippen molar-refractivity contribution >= 4 is 5.91 Å². The summed E-state index contributed by atoms with van der Waals surface area (Å²) in [7, 11) is 0. The fraction of sp³-hybridized carbons (Fsp3) is 0.700. The number of hydrogen-bond donors (Lipinski definition) is 2. The molecule has 0 bridgehead atoms. The van der Waals surface area contributed by atoms with Gasteiger partial charge < -0.3 is 19.9 Å². The summed E-state index contributed by atoms with van der Waals surface area (Å²) in [4.78, 5) is 10.9. The van der Waals surface area contributed by atoms with Gasteiger partial charge in [-0.05, 0) is 6.42 Å². The zero-order chi connectivity index (χ0) is 11.4. The first-order valence-electron chi connectivity index (χ1n) is 4.77. The van der Waals surface area contributed by atoms with Gasteiger partial charge in [0.15, 0.2) is 0 Å². The number of hydrogen-bond acceptors (Lipinski definition) is 4. The van der Waals surface area contributed by atoms with Crippen molar-refractivity contribution in [2.24, 2.45) is 0 Å². The summed E-state index contributed by atoms with van der Waals surface area (Å²) in [6.07, 6.45) is 5.57. The summed E-state index contributed by atoms with van der Waals surface area (Å²) in [5, 5.41) is 10.9. The van der Waals surface area contributed by atoms with Gasteiger partial charge in [0.2, 0.25) is 5.91 Å². The van der Waals surface area contributed by atoms with Gasteiger partial charge in [0.25, 0.3) is 0 Å². The largest absolute Gasteiger partial charge is 0.396 e. The molecule has 2 N–H and O–H groups in total. The molecule has 0 saturated heterocycles. The molecule has 0 aliphatic rings. The number of ether oxygens (including phenoxy) is 2. The van der Waals surface area contributed by atoms with E-state index >= 15 is 0 Å². The summed E-state index contributed by atoms with van der Waals surface area (Å²) in [5.41, 5.74) is 0. The topological polar surface area (TPSA) is 67.8 Å². The van der Waals surface area contributed by atoms with Crippen molar-refractivity contribution < 1.29 is 19.4 Å². The van der Waals surface area contributed by atoms with Crippen molar-refractivity contribution in [3.8, 4) is 12.3 Å². The van der Waals surface area contributed by atoms with Crippen LogP contribution >= 0.6 is 0 Å². The van der Waals surface area contributed by atoms with Gasteiger partial charge in [0.1, 0.15) is 6.61 Å². The van der Waals surface area contributed by atoms with E-state index in [9.17, 15) is 4.79 Å². The molecule has 0 spiro atoms. The average Bonchev–Trinajstić information content (AvgIpc) is 2.25. The van der Waals surface area contributed by atoms with Gasteiger partial charge in [-0.2, -0.15) is 0 Å². The maximum atomic E-state index is 10.9. The fourth-order valence-electron chi connectivity index (χ4n) is 0.752. The monoisotopic (exact) mass is 215 g/mol. The number of aliphatic hydroxyl groups is 1. The van der Waals surface area contributed by atoms with Gasteiger partial charge >= 0.3 is 0 Å². The molecular weight excluding hydrogens is 198 g/mol. The van der Waals surface area contributed by atoms with Crippen molar-refractivity contribution in [3.63, 3.8) is 0 Å². The molecule has 0 aliphatic carbocycles. The van der Waals surface area contributed by atoms with Crippen molar-refractivity contribution in [2.45, 2.75) is 6.42 Å². The van der Waals surface area contributed by atoms with Crippen LogP contribution in [0, 0.1) is 12.3 Å². The Morgan fingerprint density at radius 1 is 1.33 bits per heavy atom. The van der Waals surface area contributed by atoms with Crippen LogP contribution in [0.3, 0.4) is 0 Å². The first-order chi connectivity index (χ1) is 7.31. The highest BCUT2D eigenvalue weighted by Crippen LogP contribution is 1.82. The minimum atomic E-state index is -0.233. The quantitative estimate of drug-likeness (QED) is 0.388. The SMILES string of the molecule is C#CCNC(=O)COCCOCCCO. The molecule has 0 saturated carbocycles. The Kier molecular flexibility index (Phi) is 10.2. The predicted octanol–water partition coefficient (Wildman–Crippen LogP) is -0.849. The predicted molar refractivity (Wildman–Crippen MR) is 55.2 cm³/mol. The second-order valence-electron chi connectivity index (χ2n) is 2.72. The fourth-order valence-corrected chi connectivity index (χ4v) is 0.752. The lowest BCUT2D eigenvalue weighted by molar-refractivity contribution is -0.125. The normalized spacial score (nSPS) is 9.60. The van der Waals surface area contributed by atoms with Crippen LogP contribution in [0.5, 0.6) is 0 Å². The molecule has 0 radical (unpaired) electrons. The molecule has 0 fully saturated rings. The van der Waals surface area contributed by atoms with E-state index in [1.807, 2.05) is 0 Å². The van der Waals surface area contributed by atoms with Crippen molar-refractivity contribution in [1.29, 1.82) is 0 Å².